The van der Waals surface area contributed by atoms with Crippen molar-refractivity contribution in [2.45, 2.75) is 0 Å². The molecule has 0 atom stereocenters. The number of rotatable bonds is 6. The Morgan fingerprint density at radius 3 is 1.53 bits per heavy atom. The number of hydrogen-bond donors (Lipinski definition) is 1. The van der Waals surface area contributed by atoms with Gasteiger partial charge in [0, 0.05) is 11.1 Å². The second-order valence-corrected chi connectivity index (χ2v) is 8.97. The third-order valence-electron chi connectivity index (χ3n) is 4.70. The van der Waals surface area contributed by atoms with Crippen LogP contribution in [0.2, 0.25) is 0 Å². The lowest BCUT2D eigenvalue weighted by Crippen LogP contribution is -2.20. The molecule has 148 valence electrons. The highest BCUT2D eigenvalue weighted by atomic mass is 31.2. The molecule has 0 saturated carbocycles. The molecule has 30 heavy (non-hydrogen) atoms. The smallest absolute Gasteiger partial charge is 0.306 e. The summed E-state index contributed by atoms with van der Waals surface area (Å²) >= 11 is 0. The van der Waals surface area contributed by atoms with Crippen LogP contribution in [0.1, 0.15) is 11.1 Å². The van der Waals surface area contributed by atoms with Crippen LogP contribution in [0.4, 0.5) is 0 Å². The van der Waals surface area contributed by atoms with Crippen LogP contribution in [0.3, 0.4) is 0 Å². The first-order valence-corrected chi connectivity index (χ1v) is 11.1. The summed E-state index contributed by atoms with van der Waals surface area (Å²) < 4.78 is 20.1. The number of benzene rings is 4. The van der Waals surface area contributed by atoms with Crippen LogP contribution >= 0.6 is 7.37 Å². The van der Waals surface area contributed by atoms with Gasteiger partial charge >= 0.3 is 7.37 Å². The molecule has 0 aliphatic carbocycles. The van der Waals surface area contributed by atoms with Gasteiger partial charge in [0.05, 0.1) is 10.6 Å². The van der Waals surface area contributed by atoms with Crippen LogP contribution in [0.25, 0.3) is 0 Å². The minimum atomic E-state index is -3.33. The van der Waals surface area contributed by atoms with Crippen LogP contribution in [-0.4, -0.2) is 10.9 Å². The van der Waals surface area contributed by atoms with E-state index in [0.717, 1.165) is 11.1 Å². The summed E-state index contributed by atoms with van der Waals surface area (Å²) in [6.07, 6.45) is 0. The van der Waals surface area contributed by atoms with E-state index in [1.54, 1.807) is 24.3 Å². The maximum Gasteiger partial charge on any atom is 0.306 e. The van der Waals surface area contributed by atoms with Gasteiger partial charge in [-0.05, 0) is 48.5 Å². The molecule has 4 aromatic rings. The predicted octanol–water partition coefficient (Wildman–Crippen LogP) is 5.22. The Kier molecular flexibility index (Phi) is 5.78. The van der Waals surface area contributed by atoms with E-state index >= 15 is 0 Å². The zero-order valence-corrected chi connectivity index (χ0v) is 17.0. The third-order valence-corrected chi connectivity index (χ3v) is 7.13. The summed E-state index contributed by atoms with van der Waals surface area (Å²) in [7, 11) is -3.33. The van der Waals surface area contributed by atoms with Gasteiger partial charge in [-0.25, -0.2) is 0 Å². The molecule has 0 saturated heterocycles. The topological polar surface area (TPSA) is 58.9 Å². The van der Waals surface area contributed by atoms with E-state index in [1.165, 1.54) is 0 Å². The monoisotopic (exact) mass is 413 g/mol. The van der Waals surface area contributed by atoms with Gasteiger partial charge in [-0.2, -0.15) is 0 Å². The zero-order valence-electron chi connectivity index (χ0n) is 16.1. The van der Waals surface area contributed by atoms with Crippen LogP contribution < -0.4 is 15.1 Å². The average Bonchev–Trinajstić information content (AvgIpc) is 2.82. The molecule has 0 radical (unpaired) electrons. The SMILES string of the molecule is O=P(Oc1ccc(/C(=N\O)c2ccccc2)cc1)(c1ccccc1)c1ccccc1. The molecule has 4 nitrogen and oxygen atoms in total. The molecule has 0 bridgehead atoms. The van der Waals surface area contributed by atoms with Crippen molar-refractivity contribution in [3.05, 3.63) is 126 Å². The third kappa shape index (κ3) is 4.05. The van der Waals surface area contributed by atoms with E-state index in [-0.39, 0.29) is 0 Å². The van der Waals surface area contributed by atoms with Crippen LogP contribution in [0.15, 0.2) is 120 Å². The largest absolute Gasteiger partial charge is 0.437 e. The normalized spacial score (nSPS) is 11.8. The van der Waals surface area contributed by atoms with Gasteiger partial charge in [0.1, 0.15) is 11.5 Å². The van der Waals surface area contributed by atoms with Crippen molar-refractivity contribution in [2.24, 2.45) is 5.16 Å². The maximum atomic E-state index is 14.0. The van der Waals surface area contributed by atoms with Crippen LogP contribution in [0.5, 0.6) is 5.75 Å². The number of hydrogen-bond acceptors (Lipinski definition) is 4. The van der Waals surface area contributed by atoms with Crippen molar-refractivity contribution in [2.75, 3.05) is 0 Å². The second kappa shape index (κ2) is 8.81. The summed E-state index contributed by atoms with van der Waals surface area (Å²) in [6.45, 7) is 0. The van der Waals surface area contributed by atoms with Gasteiger partial charge < -0.3 is 9.73 Å². The molecule has 0 aliphatic rings. The van der Waals surface area contributed by atoms with E-state index in [4.69, 9.17) is 4.52 Å². The minimum absolute atomic E-state index is 0.455. The molecule has 0 aliphatic heterocycles. The zero-order chi connectivity index (χ0) is 20.8. The second-order valence-electron chi connectivity index (χ2n) is 6.65. The quantitative estimate of drug-likeness (QED) is 0.204. The average molecular weight is 413 g/mol. The molecular formula is C25H20NO3P. The van der Waals surface area contributed by atoms with E-state index in [1.807, 2.05) is 91.0 Å². The highest BCUT2D eigenvalue weighted by Crippen LogP contribution is 2.45. The number of oxime groups is 1. The molecule has 4 rings (SSSR count). The van der Waals surface area contributed by atoms with Crippen molar-refractivity contribution in [1.29, 1.82) is 0 Å². The maximum absolute atomic E-state index is 14.0. The Balaban J connectivity index is 1.67. The summed E-state index contributed by atoms with van der Waals surface area (Å²) in [5, 5.41) is 14.2. The highest BCUT2D eigenvalue weighted by Gasteiger charge is 2.30. The molecule has 0 fully saturated rings. The standard InChI is InChI=1S/C25H20NO3P/c27-26-25(20-10-4-1-5-11-20)21-16-18-22(19-17-21)29-30(28,23-12-6-2-7-13-23)24-14-8-3-9-15-24/h1-19,27H/b26-25-. The van der Waals surface area contributed by atoms with E-state index < -0.39 is 7.37 Å². The van der Waals surface area contributed by atoms with Gasteiger partial charge in [-0.15, -0.1) is 0 Å². The summed E-state index contributed by atoms with van der Waals surface area (Å²) in [5.74, 6) is 0.472. The fourth-order valence-corrected chi connectivity index (χ4v) is 5.26. The minimum Gasteiger partial charge on any atom is -0.437 e. The summed E-state index contributed by atoms with van der Waals surface area (Å²) in [5.41, 5.74) is 1.98. The van der Waals surface area contributed by atoms with Gasteiger partial charge in [0.15, 0.2) is 0 Å². The molecule has 0 heterocycles. The first kappa shape index (κ1) is 19.7. The Morgan fingerprint density at radius 2 is 1.07 bits per heavy atom. The van der Waals surface area contributed by atoms with E-state index in [9.17, 15) is 9.77 Å². The predicted molar refractivity (Wildman–Crippen MR) is 121 cm³/mol. The van der Waals surface area contributed by atoms with Crippen molar-refractivity contribution < 1.29 is 14.3 Å². The van der Waals surface area contributed by atoms with Crippen LogP contribution in [-0.2, 0) is 4.57 Å². The fourth-order valence-electron chi connectivity index (χ4n) is 3.20. The fraction of sp³-hybridized carbons (Fsp3) is 0. The Labute approximate surface area is 175 Å². The summed E-state index contributed by atoms with van der Waals surface area (Å²) in [6, 6.07) is 34.9. The van der Waals surface area contributed by atoms with Gasteiger partial charge in [0.2, 0.25) is 0 Å². The highest BCUT2D eigenvalue weighted by molar-refractivity contribution is 7.74. The molecule has 0 unspecified atom stereocenters. The van der Waals surface area contributed by atoms with Crippen molar-refractivity contribution >= 4 is 23.7 Å². The summed E-state index contributed by atoms with van der Waals surface area (Å²) in [4.78, 5) is 0. The first-order valence-electron chi connectivity index (χ1n) is 9.49. The number of nitrogens with zero attached hydrogens (tertiary/aromatic N) is 1. The molecule has 0 spiro atoms. The molecule has 4 aromatic carbocycles. The van der Waals surface area contributed by atoms with Gasteiger partial charge in [-0.3, -0.25) is 4.57 Å². The molecule has 0 aromatic heterocycles. The molecule has 0 amide bonds. The molecule has 1 N–H and O–H groups in total. The lowest BCUT2D eigenvalue weighted by atomic mass is 10.0. The van der Waals surface area contributed by atoms with Crippen LogP contribution in [0, 0.1) is 0 Å². The van der Waals surface area contributed by atoms with Gasteiger partial charge in [-0.1, -0.05) is 71.9 Å². The lowest BCUT2D eigenvalue weighted by Gasteiger charge is -2.20. The van der Waals surface area contributed by atoms with Crippen molar-refractivity contribution in [3.8, 4) is 5.75 Å². The Morgan fingerprint density at radius 1 is 0.633 bits per heavy atom. The lowest BCUT2D eigenvalue weighted by molar-refractivity contribution is 0.319. The Hall–Kier alpha value is -3.62. The van der Waals surface area contributed by atoms with Crippen molar-refractivity contribution in [3.63, 3.8) is 0 Å². The van der Waals surface area contributed by atoms with E-state index in [0.29, 0.717) is 22.1 Å². The molecule has 5 heteroatoms. The van der Waals surface area contributed by atoms with Crippen molar-refractivity contribution in [1.82, 2.24) is 0 Å². The van der Waals surface area contributed by atoms with Gasteiger partial charge in [0.25, 0.3) is 0 Å². The first-order chi connectivity index (χ1) is 14.7. The van der Waals surface area contributed by atoms with E-state index in [2.05, 4.69) is 5.16 Å². The molecular weight excluding hydrogens is 393 g/mol. The Bertz CT molecular complexity index is 1130.